The third-order valence-electron chi connectivity index (χ3n) is 7.50. The van der Waals surface area contributed by atoms with E-state index < -0.39 is 58.8 Å². The molecule has 2 fully saturated rings. The fraction of sp³-hybridized carbons (Fsp3) is 0.407. The second-order valence-electron chi connectivity index (χ2n) is 10.5. The molecule has 0 spiro atoms. The number of carbonyl (C=O) groups excluding carboxylic acids is 2. The molecule has 8 nitrogen and oxygen atoms in total. The molecule has 2 saturated heterocycles. The fourth-order valence-corrected chi connectivity index (χ4v) is 5.81. The third-order valence-corrected chi connectivity index (χ3v) is 7.87. The average molecular weight is 577 g/mol. The molecule has 1 aromatic rings. The predicted octanol–water partition coefficient (Wildman–Crippen LogP) is 3.57. The van der Waals surface area contributed by atoms with Crippen molar-refractivity contribution in [1.82, 2.24) is 9.80 Å². The van der Waals surface area contributed by atoms with E-state index in [1.807, 2.05) is 0 Å². The number of alkyl halides is 3. The third kappa shape index (κ3) is 4.49. The molecule has 1 N–H and O–H groups in total. The van der Waals surface area contributed by atoms with Crippen LogP contribution in [0, 0.1) is 17.2 Å². The highest BCUT2D eigenvalue weighted by Crippen LogP contribution is 2.49. The second-order valence-corrected chi connectivity index (χ2v) is 10.8. The number of likely N-dealkylation sites (tertiary alicyclic amines) is 1. The van der Waals surface area contributed by atoms with Gasteiger partial charge in [-0.1, -0.05) is 0 Å². The van der Waals surface area contributed by atoms with Crippen molar-refractivity contribution < 1.29 is 37.0 Å². The summed E-state index contributed by atoms with van der Waals surface area (Å²) in [7, 11) is 0. The standard InChI is InChI=1S/C27H24F4N4O4S/c1-13(36)33-11-19(37)21(12-33)39-20-7-6-16(8-17-22(20)23(17)28)35-25(40)34(24(38)26(35,2)3)15-5-4-14(10-32)18(9-15)27(29,30)31/h4-9,17,19-21,37H,11-12H2,1-3H3/t17-,19?,20?,21?/m1/s1. The highest BCUT2D eigenvalue weighted by atomic mass is 32.1. The number of β-amino-alcohol motifs (C(OH)–C–C–N with tert-alkyl or cyclic N) is 1. The lowest BCUT2D eigenvalue weighted by molar-refractivity contribution is -0.137. The first-order valence-corrected chi connectivity index (χ1v) is 12.8. The zero-order chi connectivity index (χ0) is 29.3. The van der Waals surface area contributed by atoms with Gasteiger partial charge in [0.15, 0.2) is 5.11 Å². The van der Waals surface area contributed by atoms with Crippen LogP contribution in [0.25, 0.3) is 0 Å². The lowest BCUT2D eigenvalue weighted by atomic mass is 10.0. The molecule has 3 unspecified atom stereocenters. The number of carbonyl (C=O) groups is 2. The number of nitriles is 1. The van der Waals surface area contributed by atoms with Gasteiger partial charge in [0.2, 0.25) is 5.91 Å². The first kappa shape index (κ1) is 27.9. The normalized spacial score (nSPS) is 27.6. The summed E-state index contributed by atoms with van der Waals surface area (Å²) >= 11 is 5.57. The van der Waals surface area contributed by atoms with Crippen molar-refractivity contribution >= 4 is 34.8 Å². The van der Waals surface area contributed by atoms with Crippen LogP contribution in [-0.2, 0) is 20.5 Å². The summed E-state index contributed by atoms with van der Waals surface area (Å²) < 4.78 is 61.6. The number of aliphatic hydroxyl groups excluding tert-OH is 1. The highest BCUT2D eigenvalue weighted by molar-refractivity contribution is 7.80. The van der Waals surface area contributed by atoms with E-state index in [4.69, 9.17) is 22.2 Å². The van der Waals surface area contributed by atoms with E-state index in [2.05, 4.69) is 0 Å². The van der Waals surface area contributed by atoms with Crippen LogP contribution in [0.2, 0.25) is 0 Å². The second kappa shape index (κ2) is 9.50. The van der Waals surface area contributed by atoms with E-state index in [1.165, 1.54) is 28.9 Å². The molecule has 0 aromatic heterocycles. The van der Waals surface area contributed by atoms with Crippen molar-refractivity contribution in [3.8, 4) is 6.07 Å². The molecule has 2 heterocycles. The van der Waals surface area contributed by atoms with Gasteiger partial charge in [0, 0.05) is 31.3 Å². The van der Waals surface area contributed by atoms with Gasteiger partial charge in [-0.2, -0.15) is 18.4 Å². The first-order valence-electron chi connectivity index (χ1n) is 12.4. The van der Waals surface area contributed by atoms with Crippen molar-refractivity contribution in [2.75, 3.05) is 18.0 Å². The summed E-state index contributed by atoms with van der Waals surface area (Å²) in [6, 6.07) is 4.42. The van der Waals surface area contributed by atoms with Crippen LogP contribution in [0.4, 0.5) is 23.2 Å². The molecule has 2 aliphatic carbocycles. The number of rotatable bonds is 4. The molecule has 40 heavy (non-hydrogen) atoms. The van der Waals surface area contributed by atoms with Crippen LogP contribution < -0.4 is 4.90 Å². The van der Waals surface area contributed by atoms with Crippen molar-refractivity contribution in [1.29, 1.82) is 5.26 Å². The smallest absolute Gasteiger partial charge is 0.388 e. The van der Waals surface area contributed by atoms with Crippen molar-refractivity contribution in [2.24, 2.45) is 5.92 Å². The lowest BCUT2D eigenvalue weighted by Gasteiger charge is -2.30. The number of allylic oxidation sites excluding steroid dienone is 3. The average Bonchev–Trinajstić information content (AvgIpc) is 3.34. The van der Waals surface area contributed by atoms with E-state index in [0.717, 1.165) is 11.0 Å². The van der Waals surface area contributed by atoms with Crippen LogP contribution >= 0.6 is 12.2 Å². The number of benzene rings is 1. The number of aliphatic hydroxyl groups is 1. The van der Waals surface area contributed by atoms with Gasteiger partial charge in [-0.15, -0.1) is 0 Å². The van der Waals surface area contributed by atoms with Gasteiger partial charge in [-0.05, 0) is 62.5 Å². The topological polar surface area (TPSA) is 97.1 Å². The van der Waals surface area contributed by atoms with Gasteiger partial charge >= 0.3 is 6.18 Å². The number of fused-ring (bicyclic) bond motifs is 1. The van der Waals surface area contributed by atoms with Gasteiger partial charge in [-0.3, -0.25) is 14.5 Å². The Morgan fingerprint density at radius 3 is 2.58 bits per heavy atom. The number of hydrogen-bond donors (Lipinski definition) is 1. The molecule has 13 heteroatoms. The Morgan fingerprint density at radius 1 is 1.27 bits per heavy atom. The fourth-order valence-electron chi connectivity index (χ4n) is 5.28. The molecule has 0 bridgehead atoms. The van der Waals surface area contributed by atoms with Crippen molar-refractivity contribution in [3.05, 3.63) is 64.7 Å². The molecule has 1 aromatic carbocycles. The zero-order valence-electron chi connectivity index (χ0n) is 21.6. The summed E-state index contributed by atoms with van der Waals surface area (Å²) in [6.45, 7) is 4.73. The minimum atomic E-state index is -4.83. The van der Waals surface area contributed by atoms with Gasteiger partial charge in [0.1, 0.15) is 23.6 Å². The zero-order valence-corrected chi connectivity index (χ0v) is 22.4. The highest BCUT2D eigenvalue weighted by Gasteiger charge is 2.53. The number of halogens is 4. The van der Waals surface area contributed by atoms with E-state index in [1.54, 1.807) is 32.1 Å². The molecule has 2 amide bonds. The summed E-state index contributed by atoms with van der Waals surface area (Å²) in [4.78, 5) is 29.0. The Balaban J connectivity index is 1.44. The number of thiocarbonyl (C=S) groups is 1. The lowest BCUT2D eigenvalue weighted by Crippen LogP contribution is -2.43. The van der Waals surface area contributed by atoms with E-state index in [9.17, 15) is 32.3 Å². The SMILES string of the molecule is CC(=O)N1CC(O)C(OC2C=CC(N3C(=S)N(c4ccc(C#N)c(C(F)(F)F)c4)C(=O)C3(C)C)=C[C@H]3C(F)=C23)C1. The van der Waals surface area contributed by atoms with Gasteiger partial charge in [0.05, 0.1) is 34.9 Å². The number of anilines is 1. The Kier molecular flexibility index (Phi) is 6.64. The van der Waals surface area contributed by atoms with E-state index in [0.29, 0.717) is 17.3 Å². The monoisotopic (exact) mass is 576 g/mol. The molecule has 0 radical (unpaired) electrons. The summed E-state index contributed by atoms with van der Waals surface area (Å²) in [5.74, 6) is -2.00. The minimum Gasteiger partial charge on any atom is -0.388 e. The van der Waals surface area contributed by atoms with Crippen LogP contribution in [0.5, 0.6) is 0 Å². The van der Waals surface area contributed by atoms with Gasteiger partial charge in [-0.25, -0.2) is 4.39 Å². The number of amides is 2. The number of hydrogen-bond acceptors (Lipinski definition) is 6. The molecule has 0 saturated carbocycles. The molecular formula is C27H24F4N4O4S. The van der Waals surface area contributed by atoms with Gasteiger partial charge < -0.3 is 19.6 Å². The van der Waals surface area contributed by atoms with Crippen LogP contribution in [-0.4, -0.2) is 68.8 Å². The maximum Gasteiger partial charge on any atom is 0.417 e. The Labute approximate surface area is 232 Å². The van der Waals surface area contributed by atoms with E-state index in [-0.39, 0.29) is 29.8 Å². The summed E-state index contributed by atoms with van der Waals surface area (Å²) in [5, 5.41) is 19.4. The number of ether oxygens (including phenoxy) is 1. The van der Waals surface area contributed by atoms with Crippen LogP contribution in [0.1, 0.15) is 31.9 Å². The summed E-state index contributed by atoms with van der Waals surface area (Å²) in [5.41, 5.74) is -2.61. The molecule has 4 atom stereocenters. The molecule has 5 rings (SSSR count). The summed E-state index contributed by atoms with van der Waals surface area (Å²) in [6.07, 6.45) is -2.65. The predicted molar refractivity (Wildman–Crippen MR) is 138 cm³/mol. The first-order chi connectivity index (χ1) is 18.7. The van der Waals surface area contributed by atoms with Crippen molar-refractivity contribution in [3.63, 3.8) is 0 Å². The quantitative estimate of drug-likeness (QED) is 0.433. The molecule has 2 aliphatic heterocycles. The van der Waals surface area contributed by atoms with Crippen LogP contribution in [0.15, 0.2) is 53.5 Å². The maximum absolute atomic E-state index is 14.8. The maximum atomic E-state index is 14.8. The Hall–Kier alpha value is -3.60. The Bertz CT molecular complexity index is 1460. The number of nitrogens with zero attached hydrogens (tertiary/aromatic N) is 4. The molecule has 210 valence electrons. The van der Waals surface area contributed by atoms with E-state index >= 15 is 0 Å². The molecular weight excluding hydrogens is 552 g/mol. The molecule has 4 aliphatic rings. The Morgan fingerprint density at radius 2 is 1.98 bits per heavy atom. The van der Waals surface area contributed by atoms with Crippen molar-refractivity contribution in [2.45, 2.75) is 50.8 Å². The largest absolute Gasteiger partial charge is 0.417 e. The minimum absolute atomic E-state index is 0.102. The van der Waals surface area contributed by atoms with Gasteiger partial charge in [0.25, 0.3) is 5.91 Å². The van der Waals surface area contributed by atoms with Crippen LogP contribution in [0.3, 0.4) is 0 Å².